The van der Waals surface area contributed by atoms with E-state index in [0.717, 1.165) is 11.1 Å². The molecule has 0 bridgehead atoms. The third-order valence-corrected chi connectivity index (χ3v) is 3.19. The van der Waals surface area contributed by atoms with Crippen molar-refractivity contribution in [2.45, 2.75) is 26.6 Å². The molecule has 2 aromatic rings. The van der Waals surface area contributed by atoms with Crippen molar-refractivity contribution in [3.8, 4) is 0 Å². The molecule has 0 fully saturated rings. The first-order valence-corrected chi connectivity index (χ1v) is 7.27. The number of hydrogen-bond donors (Lipinski definition) is 1. The van der Waals surface area contributed by atoms with Crippen LogP contribution in [0, 0.1) is 0 Å². The molecule has 0 spiro atoms. The summed E-state index contributed by atoms with van der Waals surface area (Å²) < 4.78 is 5.48. The highest BCUT2D eigenvalue weighted by Crippen LogP contribution is 2.03. The Balaban J connectivity index is 0.00000288. The maximum atomic E-state index is 12.1. The van der Waals surface area contributed by atoms with Crippen LogP contribution >= 0.6 is 0 Å². The molecule has 1 N–H and O–H groups in total. The van der Waals surface area contributed by atoms with Gasteiger partial charge in [-0.2, -0.15) is 0 Å². The molecule has 1 atom stereocenters. The van der Waals surface area contributed by atoms with Gasteiger partial charge in [-0.1, -0.05) is 73.2 Å². The predicted molar refractivity (Wildman–Crippen MR) is 94.1 cm³/mol. The van der Waals surface area contributed by atoms with E-state index < -0.39 is 6.04 Å². The van der Waals surface area contributed by atoms with Gasteiger partial charge < -0.3 is 10.1 Å². The van der Waals surface area contributed by atoms with Crippen LogP contribution in [0.5, 0.6) is 0 Å². The lowest BCUT2D eigenvalue weighted by Gasteiger charge is -2.12. The highest BCUT2D eigenvalue weighted by Gasteiger charge is 2.16. The molecule has 0 radical (unpaired) electrons. The summed E-state index contributed by atoms with van der Waals surface area (Å²) in [4.78, 5) is 14.8. The molecule has 6 heteroatoms. The van der Waals surface area contributed by atoms with E-state index in [4.69, 9.17) is 10.3 Å². The van der Waals surface area contributed by atoms with Gasteiger partial charge in [-0.25, -0.2) is 0 Å². The molecule has 126 valence electrons. The fourth-order valence-corrected chi connectivity index (χ4v) is 1.99. The highest BCUT2D eigenvalue weighted by atomic mass is 16.5. The number of hydrogen-bond acceptors (Lipinski definition) is 3. The van der Waals surface area contributed by atoms with Crippen molar-refractivity contribution in [2.75, 3.05) is 6.61 Å². The molecule has 0 aliphatic carbocycles. The van der Waals surface area contributed by atoms with Crippen molar-refractivity contribution in [2.24, 2.45) is 5.11 Å². The normalized spacial score (nSPS) is 10.8. The average Bonchev–Trinajstić information content (AvgIpc) is 2.61. The summed E-state index contributed by atoms with van der Waals surface area (Å²) in [7, 11) is 0. The van der Waals surface area contributed by atoms with E-state index in [1.165, 1.54) is 0 Å². The number of rotatable bonds is 8. The van der Waals surface area contributed by atoms with Gasteiger partial charge >= 0.3 is 0 Å². The molecule has 2 aromatic carbocycles. The Hall–Kier alpha value is -2.82. The fraction of sp³-hybridized carbons (Fsp3) is 0.278. The van der Waals surface area contributed by atoms with Gasteiger partial charge in [0.15, 0.2) is 0 Å². The van der Waals surface area contributed by atoms with Gasteiger partial charge in [-0.05, 0) is 16.7 Å². The average molecular weight is 326 g/mol. The lowest BCUT2D eigenvalue weighted by atomic mass is 10.2. The molecule has 2 rings (SSSR count). The summed E-state index contributed by atoms with van der Waals surface area (Å²) in [5.41, 5.74) is 10.6. The zero-order valence-electron chi connectivity index (χ0n) is 12.6. The smallest absolute Gasteiger partial charge is 0.231 e. The first-order valence-electron chi connectivity index (χ1n) is 7.27. The van der Waals surface area contributed by atoms with Gasteiger partial charge in [0, 0.05) is 11.5 Å². The second-order valence-corrected chi connectivity index (χ2v) is 4.92. The lowest BCUT2D eigenvalue weighted by Crippen LogP contribution is -2.35. The second-order valence-electron chi connectivity index (χ2n) is 4.92. The molecule has 0 aliphatic rings. The van der Waals surface area contributed by atoms with Crippen LogP contribution in [0.2, 0.25) is 0 Å². The maximum absolute atomic E-state index is 12.1. The summed E-state index contributed by atoms with van der Waals surface area (Å²) >= 11 is 0. The third-order valence-electron chi connectivity index (χ3n) is 3.19. The van der Waals surface area contributed by atoms with Crippen LogP contribution in [0.4, 0.5) is 0 Å². The highest BCUT2D eigenvalue weighted by molar-refractivity contribution is 5.82. The minimum absolute atomic E-state index is 0. The molecule has 0 saturated carbocycles. The van der Waals surface area contributed by atoms with E-state index in [-0.39, 0.29) is 19.9 Å². The number of benzene rings is 2. The summed E-state index contributed by atoms with van der Waals surface area (Å²) in [6.45, 7) is 0.791. The maximum Gasteiger partial charge on any atom is 0.231 e. The molecular formula is C18H22N4O2. The van der Waals surface area contributed by atoms with Crippen molar-refractivity contribution in [3.63, 3.8) is 0 Å². The number of carbonyl (C=O) groups is 1. The van der Waals surface area contributed by atoms with Crippen LogP contribution in [0.25, 0.3) is 10.4 Å². The lowest BCUT2D eigenvalue weighted by molar-refractivity contribution is -0.123. The minimum atomic E-state index is -0.882. The van der Waals surface area contributed by atoms with Crippen molar-refractivity contribution in [1.29, 1.82) is 0 Å². The van der Waals surface area contributed by atoms with Crippen LogP contribution in [0.3, 0.4) is 0 Å². The molecular weight excluding hydrogens is 304 g/mol. The van der Waals surface area contributed by atoms with Crippen LogP contribution in [-0.4, -0.2) is 18.6 Å². The van der Waals surface area contributed by atoms with Gasteiger partial charge in [-0.3, -0.25) is 4.79 Å². The molecule has 24 heavy (non-hydrogen) atoms. The quantitative estimate of drug-likeness (QED) is 0.454. The predicted octanol–water partition coefficient (Wildman–Crippen LogP) is 3.83. The SMILES string of the molecule is C.[N-]=[N+]=NC(COCc1ccccc1)C(=O)NCc1ccccc1. The first-order chi connectivity index (χ1) is 11.3. The molecule has 0 aliphatic heterocycles. The number of ether oxygens (including phenoxy) is 1. The van der Waals surface area contributed by atoms with Crippen molar-refractivity contribution in [1.82, 2.24) is 5.32 Å². The van der Waals surface area contributed by atoms with Crippen LogP contribution in [0.1, 0.15) is 18.6 Å². The van der Waals surface area contributed by atoms with E-state index in [9.17, 15) is 4.79 Å². The number of amides is 1. The van der Waals surface area contributed by atoms with Gasteiger partial charge in [0.2, 0.25) is 5.91 Å². The monoisotopic (exact) mass is 326 g/mol. The Labute approximate surface area is 142 Å². The van der Waals surface area contributed by atoms with Crippen LogP contribution in [-0.2, 0) is 22.7 Å². The minimum Gasteiger partial charge on any atom is -0.376 e. The zero-order chi connectivity index (χ0) is 16.3. The zero-order valence-corrected chi connectivity index (χ0v) is 12.6. The van der Waals surface area contributed by atoms with Crippen LogP contribution in [0.15, 0.2) is 65.8 Å². The molecule has 0 heterocycles. The van der Waals surface area contributed by atoms with Gasteiger partial charge in [0.05, 0.1) is 13.2 Å². The largest absolute Gasteiger partial charge is 0.376 e. The van der Waals surface area contributed by atoms with Crippen molar-refractivity contribution >= 4 is 5.91 Å². The van der Waals surface area contributed by atoms with E-state index in [0.29, 0.717) is 13.2 Å². The van der Waals surface area contributed by atoms with Gasteiger partial charge in [0.25, 0.3) is 0 Å². The number of azide groups is 1. The van der Waals surface area contributed by atoms with Gasteiger partial charge in [0.1, 0.15) is 6.04 Å². The van der Waals surface area contributed by atoms with E-state index in [2.05, 4.69) is 15.3 Å². The number of nitrogens with zero attached hydrogens (tertiary/aromatic N) is 3. The summed E-state index contributed by atoms with van der Waals surface area (Å²) in [5, 5.41) is 6.26. The Kier molecular flexibility index (Phi) is 8.68. The summed E-state index contributed by atoms with van der Waals surface area (Å²) in [5.74, 6) is -0.347. The topological polar surface area (TPSA) is 87.1 Å². The van der Waals surface area contributed by atoms with E-state index in [1.54, 1.807) is 0 Å². The molecule has 6 nitrogen and oxygen atoms in total. The summed E-state index contributed by atoms with van der Waals surface area (Å²) in [6, 6.07) is 18.2. The molecule has 0 saturated heterocycles. The van der Waals surface area contributed by atoms with E-state index in [1.807, 2.05) is 60.7 Å². The molecule has 0 aromatic heterocycles. The fourth-order valence-electron chi connectivity index (χ4n) is 1.99. The Morgan fingerprint density at radius 3 is 2.25 bits per heavy atom. The van der Waals surface area contributed by atoms with Gasteiger partial charge in [-0.15, -0.1) is 0 Å². The number of nitrogens with one attached hydrogen (secondary N) is 1. The molecule has 1 amide bonds. The molecule has 1 unspecified atom stereocenters. The van der Waals surface area contributed by atoms with Crippen molar-refractivity contribution < 1.29 is 9.53 Å². The first kappa shape index (κ1) is 19.2. The standard InChI is InChI=1S/C17H18N4O2.CH4/c18-21-20-16(13-23-12-15-9-5-2-6-10-15)17(22)19-11-14-7-3-1-4-8-14;/h1-10,16H,11-13H2,(H,19,22);1H4. The van der Waals surface area contributed by atoms with Crippen molar-refractivity contribution in [3.05, 3.63) is 82.2 Å². The van der Waals surface area contributed by atoms with E-state index >= 15 is 0 Å². The second kappa shape index (κ2) is 10.8. The number of carbonyl (C=O) groups excluding carboxylic acids is 1. The third kappa shape index (κ3) is 6.52. The summed E-state index contributed by atoms with van der Waals surface area (Å²) in [6.07, 6.45) is 0. The Morgan fingerprint density at radius 2 is 1.67 bits per heavy atom. The Bertz CT molecular complexity index is 655. The van der Waals surface area contributed by atoms with Crippen LogP contribution < -0.4 is 5.32 Å². The Morgan fingerprint density at radius 1 is 1.08 bits per heavy atom.